The molecule has 170 valence electrons. The molecule has 12 heteroatoms. The van der Waals surface area contributed by atoms with Crippen LogP contribution in [0.25, 0.3) is 11.0 Å². The average molecular weight is 462 g/mol. The number of amides is 1. The molecule has 0 fully saturated rings. The molecule has 2 atom stereocenters. The number of nitrogen functional groups attached to an aromatic ring is 1. The van der Waals surface area contributed by atoms with Crippen molar-refractivity contribution in [2.24, 2.45) is 0 Å². The molecule has 3 heterocycles. The molecule has 1 unspecified atom stereocenters. The summed E-state index contributed by atoms with van der Waals surface area (Å²) in [6.45, 7) is 2.00. The molecule has 3 rings (SSSR count). The van der Waals surface area contributed by atoms with Gasteiger partial charge >= 0.3 is 11.9 Å². The fraction of sp³-hybridized carbons (Fsp3) is 0.350. The largest absolute Gasteiger partial charge is 0.481 e. The third kappa shape index (κ3) is 5.32. The van der Waals surface area contributed by atoms with Gasteiger partial charge in [-0.15, -0.1) is 11.3 Å². The van der Waals surface area contributed by atoms with Crippen molar-refractivity contribution >= 4 is 46.2 Å². The molecule has 0 aliphatic carbocycles. The molecule has 0 aromatic carbocycles. The van der Waals surface area contributed by atoms with E-state index in [0.29, 0.717) is 28.8 Å². The van der Waals surface area contributed by atoms with E-state index in [0.717, 1.165) is 10.4 Å². The Kier molecular flexibility index (Phi) is 6.93. The van der Waals surface area contributed by atoms with Crippen LogP contribution in [0, 0.1) is 0 Å². The van der Waals surface area contributed by atoms with Crippen LogP contribution in [-0.4, -0.2) is 49.1 Å². The van der Waals surface area contributed by atoms with Crippen LogP contribution in [0.15, 0.2) is 23.1 Å². The van der Waals surface area contributed by atoms with E-state index in [9.17, 15) is 24.3 Å². The molecule has 0 saturated carbocycles. The van der Waals surface area contributed by atoms with Crippen molar-refractivity contribution in [3.8, 4) is 0 Å². The second kappa shape index (κ2) is 9.64. The van der Waals surface area contributed by atoms with E-state index < -0.39 is 23.9 Å². The normalized spacial score (nSPS) is 13.0. The van der Waals surface area contributed by atoms with E-state index in [1.165, 1.54) is 11.3 Å². The molecular formula is C20H23N5O6S. The molecule has 0 saturated heterocycles. The highest BCUT2D eigenvalue weighted by molar-refractivity contribution is 7.14. The summed E-state index contributed by atoms with van der Waals surface area (Å²) in [6, 6.07) is 2.15. The van der Waals surface area contributed by atoms with E-state index >= 15 is 0 Å². The number of thiophene rings is 1. The monoisotopic (exact) mass is 461 g/mol. The van der Waals surface area contributed by atoms with Gasteiger partial charge in [0.05, 0.1) is 10.3 Å². The molecule has 32 heavy (non-hydrogen) atoms. The third-order valence-corrected chi connectivity index (χ3v) is 6.39. The summed E-state index contributed by atoms with van der Waals surface area (Å²) < 4.78 is 0. The first-order chi connectivity index (χ1) is 15.2. The minimum atomic E-state index is -1.28. The van der Waals surface area contributed by atoms with Crippen LogP contribution in [0.4, 0.5) is 5.95 Å². The zero-order valence-electron chi connectivity index (χ0n) is 17.2. The number of carboxylic acid groups (broad SMARTS) is 2. The number of H-pyrrole nitrogens is 2. The fourth-order valence-electron chi connectivity index (χ4n) is 3.33. The number of hydrogen-bond acceptors (Lipinski definition) is 7. The number of carboxylic acids is 2. The van der Waals surface area contributed by atoms with Gasteiger partial charge in [0.25, 0.3) is 11.5 Å². The van der Waals surface area contributed by atoms with Crippen molar-refractivity contribution in [1.29, 1.82) is 0 Å². The highest BCUT2D eigenvalue weighted by atomic mass is 32.1. The lowest BCUT2D eigenvalue weighted by Gasteiger charge is -2.12. The lowest BCUT2D eigenvalue weighted by atomic mass is 10.00. The first kappa shape index (κ1) is 23.0. The topological polar surface area (TPSA) is 191 Å². The van der Waals surface area contributed by atoms with Gasteiger partial charge in [-0.3, -0.25) is 19.4 Å². The van der Waals surface area contributed by atoms with E-state index in [2.05, 4.69) is 20.3 Å². The van der Waals surface area contributed by atoms with E-state index in [1.54, 1.807) is 12.3 Å². The summed E-state index contributed by atoms with van der Waals surface area (Å²) in [4.78, 5) is 57.4. The number of nitrogens with two attached hydrogens (primary N) is 1. The van der Waals surface area contributed by atoms with Gasteiger partial charge in [0.15, 0.2) is 0 Å². The number of aromatic nitrogens is 3. The standard InChI is InChI=1S/C20H23N5O6S/c1-9(2-3-10-8-22-16-15(10)18(29)25-20(21)24-16)12-5-6-13(32-12)17(28)23-11(19(30)31)4-7-14(26)27/h5-6,8-9,11H,2-4,7H2,1H3,(H,23,28)(H,26,27)(H,30,31)(H4,21,22,24,25,29)/t9?,11-/m0/s1. The molecule has 11 nitrogen and oxygen atoms in total. The maximum Gasteiger partial charge on any atom is 0.326 e. The van der Waals surface area contributed by atoms with Gasteiger partial charge < -0.3 is 26.2 Å². The minimum Gasteiger partial charge on any atom is -0.481 e. The summed E-state index contributed by atoms with van der Waals surface area (Å²) in [6.07, 6.45) is 2.48. The maximum atomic E-state index is 12.4. The molecule has 0 aliphatic rings. The highest BCUT2D eigenvalue weighted by Gasteiger charge is 2.23. The van der Waals surface area contributed by atoms with Gasteiger partial charge in [-0.05, 0) is 42.9 Å². The Bertz CT molecular complexity index is 1210. The molecule has 0 aliphatic heterocycles. The average Bonchev–Trinajstić information content (AvgIpc) is 3.36. The number of nitrogens with one attached hydrogen (secondary N) is 3. The van der Waals surface area contributed by atoms with Gasteiger partial charge in [0, 0.05) is 17.5 Å². The predicted octanol–water partition coefficient (Wildman–Crippen LogP) is 1.68. The summed E-state index contributed by atoms with van der Waals surface area (Å²) in [5.74, 6) is -2.85. The predicted molar refractivity (Wildman–Crippen MR) is 118 cm³/mol. The van der Waals surface area contributed by atoms with Crippen LogP contribution in [0.3, 0.4) is 0 Å². The molecule has 3 aromatic heterocycles. The van der Waals surface area contributed by atoms with E-state index in [-0.39, 0.29) is 30.3 Å². The Morgan fingerprint density at radius 3 is 2.69 bits per heavy atom. The van der Waals surface area contributed by atoms with Crippen LogP contribution in [-0.2, 0) is 16.0 Å². The van der Waals surface area contributed by atoms with Crippen molar-refractivity contribution < 1.29 is 24.6 Å². The van der Waals surface area contributed by atoms with Crippen molar-refractivity contribution in [2.75, 3.05) is 5.73 Å². The zero-order chi connectivity index (χ0) is 23.4. The number of aryl methyl sites for hydroxylation is 1. The second-order valence-corrected chi connectivity index (χ2v) is 8.54. The molecule has 1 amide bonds. The first-order valence-corrected chi connectivity index (χ1v) is 10.7. The highest BCUT2D eigenvalue weighted by Crippen LogP contribution is 2.29. The fourth-order valence-corrected chi connectivity index (χ4v) is 4.32. The van der Waals surface area contributed by atoms with Gasteiger partial charge in [0.2, 0.25) is 5.95 Å². The maximum absolute atomic E-state index is 12.4. The Balaban J connectivity index is 1.63. The Morgan fingerprint density at radius 2 is 2.00 bits per heavy atom. The lowest BCUT2D eigenvalue weighted by molar-refractivity contribution is -0.140. The Morgan fingerprint density at radius 1 is 1.25 bits per heavy atom. The molecule has 0 bridgehead atoms. The lowest BCUT2D eigenvalue weighted by Crippen LogP contribution is -2.40. The number of rotatable bonds is 10. The quantitative estimate of drug-likeness (QED) is 0.262. The minimum absolute atomic E-state index is 0.0433. The molecule has 7 N–H and O–H groups in total. The van der Waals surface area contributed by atoms with Crippen LogP contribution >= 0.6 is 11.3 Å². The second-order valence-electron chi connectivity index (χ2n) is 7.43. The van der Waals surface area contributed by atoms with Gasteiger partial charge in [-0.25, -0.2) is 4.79 Å². The smallest absolute Gasteiger partial charge is 0.326 e. The van der Waals surface area contributed by atoms with Crippen molar-refractivity contribution in [3.05, 3.63) is 44.0 Å². The van der Waals surface area contributed by atoms with E-state index in [4.69, 9.17) is 10.8 Å². The number of aliphatic carboxylic acids is 2. The van der Waals surface area contributed by atoms with Crippen LogP contribution in [0.2, 0.25) is 0 Å². The van der Waals surface area contributed by atoms with Gasteiger partial charge in [0.1, 0.15) is 11.7 Å². The van der Waals surface area contributed by atoms with Crippen molar-refractivity contribution in [3.63, 3.8) is 0 Å². The molecule has 3 aromatic rings. The number of carbonyl (C=O) groups is 3. The molecule has 0 radical (unpaired) electrons. The van der Waals surface area contributed by atoms with Crippen LogP contribution in [0.1, 0.15) is 52.2 Å². The molecule has 0 spiro atoms. The Labute approximate surface area is 185 Å². The Hall–Kier alpha value is -3.67. The van der Waals surface area contributed by atoms with Gasteiger partial charge in [-0.2, -0.15) is 4.98 Å². The number of anilines is 1. The number of fused-ring (bicyclic) bond motifs is 1. The summed E-state index contributed by atoms with van der Waals surface area (Å²) in [5.41, 5.74) is 6.50. The van der Waals surface area contributed by atoms with Gasteiger partial charge in [-0.1, -0.05) is 6.92 Å². The van der Waals surface area contributed by atoms with Crippen molar-refractivity contribution in [2.45, 2.75) is 44.6 Å². The van der Waals surface area contributed by atoms with Crippen LogP contribution in [0.5, 0.6) is 0 Å². The van der Waals surface area contributed by atoms with E-state index in [1.807, 2.05) is 13.0 Å². The first-order valence-electron chi connectivity index (χ1n) is 9.86. The number of hydrogen-bond donors (Lipinski definition) is 6. The SMILES string of the molecule is CC(CCc1c[nH]c2nc(N)[nH]c(=O)c12)c1ccc(C(=O)N[C@@H](CCC(=O)O)C(=O)O)s1. The number of carbonyl (C=O) groups excluding carboxylic acids is 1. The summed E-state index contributed by atoms with van der Waals surface area (Å²) >= 11 is 1.25. The van der Waals surface area contributed by atoms with Crippen LogP contribution < -0.4 is 16.6 Å². The summed E-state index contributed by atoms with van der Waals surface area (Å²) in [5, 5.41) is 20.8. The summed E-state index contributed by atoms with van der Waals surface area (Å²) in [7, 11) is 0. The zero-order valence-corrected chi connectivity index (χ0v) is 18.0. The third-order valence-electron chi connectivity index (χ3n) is 5.08. The number of aromatic amines is 2. The molecular weight excluding hydrogens is 438 g/mol. The van der Waals surface area contributed by atoms with Crippen molar-refractivity contribution in [1.82, 2.24) is 20.3 Å². The number of nitrogens with zero attached hydrogens (tertiary/aromatic N) is 1.